The zero-order valence-electron chi connectivity index (χ0n) is 10.8. The molecule has 0 bridgehead atoms. The summed E-state index contributed by atoms with van der Waals surface area (Å²) in [6, 6.07) is 13.7. The highest BCUT2D eigenvalue weighted by Crippen LogP contribution is 2.29. The topological polar surface area (TPSA) is 80.4 Å². The summed E-state index contributed by atoms with van der Waals surface area (Å²) < 4.78 is 0. The second kappa shape index (κ2) is 6.71. The Morgan fingerprint density at radius 2 is 1.57 bits per heavy atom. The van der Waals surface area contributed by atoms with Crippen molar-refractivity contribution in [3.8, 4) is 0 Å². The summed E-state index contributed by atoms with van der Waals surface area (Å²) in [5.41, 5.74) is 0.860. The van der Waals surface area contributed by atoms with Crippen LogP contribution in [0.2, 0.25) is 0 Å². The fraction of sp³-hybridized carbons (Fsp3) is 0. The van der Waals surface area contributed by atoms with Crippen LogP contribution in [0.5, 0.6) is 0 Å². The normalized spacial score (nSPS) is 10.7. The number of hydrogen-bond acceptors (Lipinski definition) is 4. The lowest BCUT2D eigenvalue weighted by Gasteiger charge is -2.02. The fourth-order valence-corrected chi connectivity index (χ4v) is 2.40. The number of non-ortho nitro benzene ring substituents is 1. The molecule has 0 fully saturated rings. The lowest BCUT2D eigenvalue weighted by Crippen LogP contribution is -1.86. The third-order valence-electron chi connectivity index (χ3n) is 2.58. The van der Waals surface area contributed by atoms with Gasteiger partial charge in [0.25, 0.3) is 5.69 Å². The van der Waals surface area contributed by atoms with E-state index < -0.39 is 10.9 Å². The summed E-state index contributed by atoms with van der Waals surface area (Å²) in [6.45, 7) is 0. The Morgan fingerprint density at radius 3 is 2.05 bits per heavy atom. The molecule has 2 aromatic carbocycles. The van der Waals surface area contributed by atoms with Crippen LogP contribution in [0.3, 0.4) is 0 Å². The maximum absolute atomic E-state index is 10.6. The highest BCUT2D eigenvalue weighted by Gasteiger charge is 2.04. The van der Waals surface area contributed by atoms with Gasteiger partial charge >= 0.3 is 5.97 Å². The molecule has 106 valence electrons. The predicted molar refractivity (Wildman–Crippen MR) is 80.3 cm³/mol. The van der Waals surface area contributed by atoms with Crippen LogP contribution >= 0.6 is 11.8 Å². The van der Waals surface area contributed by atoms with Gasteiger partial charge in [-0.1, -0.05) is 23.9 Å². The van der Waals surface area contributed by atoms with Gasteiger partial charge in [0, 0.05) is 28.0 Å². The lowest BCUT2D eigenvalue weighted by atomic mass is 10.2. The number of hydrogen-bond donors (Lipinski definition) is 1. The van der Waals surface area contributed by atoms with Crippen molar-refractivity contribution in [1.29, 1.82) is 0 Å². The summed E-state index contributed by atoms with van der Waals surface area (Å²) in [7, 11) is 0. The van der Waals surface area contributed by atoms with Crippen molar-refractivity contribution in [3.05, 3.63) is 70.3 Å². The molecule has 21 heavy (non-hydrogen) atoms. The Labute approximate surface area is 125 Å². The van der Waals surface area contributed by atoms with Crippen molar-refractivity contribution in [2.45, 2.75) is 9.79 Å². The number of aliphatic carboxylic acids is 1. The number of nitrogens with zero attached hydrogens (tertiary/aromatic N) is 1. The zero-order chi connectivity index (χ0) is 15.2. The Kier molecular flexibility index (Phi) is 4.73. The van der Waals surface area contributed by atoms with Crippen LogP contribution in [0.25, 0.3) is 6.08 Å². The first-order chi connectivity index (χ1) is 10.0. The number of rotatable bonds is 5. The van der Waals surface area contributed by atoms with Crippen LogP contribution in [0.1, 0.15) is 5.56 Å². The van der Waals surface area contributed by atoms with E-state index in [9.17, 15) is 14.9 Å². The third-order valence-corrected chi connectivity index (χ3v) is 3.60. The van der Waals surface area contributed by atoms with Crippen LogP contribution in [-0.4, -0.2) is 16.0 Å². The maximum Gasteiger partial charge on any atom is 0.328 e. The SMILES string of the molecule is O=C(O)/C=C/c1ccc(Sc2ccc([N+](=O)[O-])cc2)cc1. The summed E-state index contributed by atoms with van der Waals surface area (Å²) >= 11 is 1.48. The molecule has 0 saturated heterocycles. The van der Waals surface area contributed by atoms with Gasteiger partial charge < -0.3 is 5.11 Å². The number of carboxylic acid groups (broad SMARTS) is 1. The molecule has 0 spiro atoms. The molecule has 0 aliphatic rings. The fourth-order valence-electron chi connectivity index (χ4n) is 1.59. The standard InChI is InChI=1S/C15H11NO4S/c17-15(18)10-3-11-1-6-13(7-2-11)21-14-8-4-12(5-9-14)16(19)20/h1-10H,(H,17,18)/b10-3+. The average Bonchev–Trinajstić information content (AvgIpc) is 2.47. The van der Waals surface area contributed by atoms with Crippen molar-refractivity contribution in [2.24, 2.45) is 0 Å². The Morgan fingerprint density at radius 1 is 1.05 bits per heavy atom. The molecule has 2 rings (SSSR count). The van der Waals surface area contributed by atoms with Crippen molar-refractivity contribution < 1.29 is 14.8 Å². The molecule has 5 nitrogen and oxygen atoms in total. The molecule has 0 atom stereocenters. The highest BCUT2D eigenvalue weighted by molar-refractivity contribution is 7.99. The van der Waals surface area contributed by atoms with Gasteiger partial charge in [0.1, 0.15) is 0 Å². The van der Waals surface area contributed by atoms with Crippen LogP contribution in [0.15, 0.2) is 64.4 Å². The third kappa shape index (κ3) is 4.47. The van der Waals surface area contributed by atoms with Gasteiger partial charge in [0.15, 0.2) is 0 Å². The van der Waals surface area contributed by atoms with Crippen molar-refractivity contribution >= 4 is 29.5 Å². The summed E-state index contributed by atoms with van der Waals surface area (Å²) in [4.78, 5) is 22.4. The number of benzene rings is 2. The van der Waals surface area contributed by atoms with Crippen molar-refractivity contribution in [1.82, 2.24) is 0 Å². The molecule has 0 aliphatic heterocycles. The molecule has 0 radical (unpaired) electrons. The van der Waals surface area contributed by atoms with Crippen LogP contribution < -0.4 is 0 Å². The van der Waals surface area contributed by atoms with Gasteiger partial charge in [-0.05, 0) is 35.9 Å². The minimum absolute atomic E-state index is 0.0634. The van der Waals surface area contributed by atoms with Gasteiger partial charge in [-0.3, -0.25) is 10.1 Å². The quantitative estimate of drug-likeness (QED) is 0.515. The second-order valence-electron chi connectivity index (χ2n) is 4.09. The lowest BCUT2D eigenvalue weighted by molar-refractivity contribution is -0.384. The van der Waals surface area contributed by atoms with E-state index in [-0.39, 0.29) is 5.69 Å². The molecule has 0 amide bonds. The van der Waals surface area contributed by atoms with E-state index in [4.69, 9.17) is 5.11 Å². The molecular weight excluding hydrogens is 290 g/mol. The van der Waals surface area contributed by atoms with Crippen LogP contribution in [0, 0.1) is 10.1 Å². The molecule has 0 unspecified atom stereocenters. The van der Waals surface area contributed by atoms with Crippen LogP contribution in [0.4, 0.5) is 5.69 Å². The first-order valence-corrected chi connectivity index (χ1v) is 6.79. The Bertz CT molecular complexity index is 678. The first-order valence-electron chi connectivity index (χ1n) is 5.98. The van der Waals surface area contributed by atoms with E-state index in [2.05, 4.69) is 0 Å². The maximum atomic E-state index is 10.6. The van der Waals surface area contributed by atoms with Gasteiger partial charge in [-0.15, -0.1) is 0 Å². The van der Waals surface area contributed by atoms with Gasteiger partial charge in [-0.25, -0.2) is 4.79 Å². The number of nitro groups is 1. The van der Waals surface area contributed by atoms with E-state index in [0.717, 1.165) is 21.4 Å². The minimum Gasteiger partial charge on any atom is -0.478 e. The van der Waals surface area contributed by atoms with Crippen LogP contribution in [-0.2, 0) is 4.79 Å². The van der Waals surface area contributed by atoms with E-state index >= 15 is 0 Å². The molecule has 0 saturated carbocycles. The van der Waals surface area contributed by atoms with E-state index in [0.29, 0.717) is 0 Å². The van der Waals surface area contributed by atoms with Gasteiger partial charge in [0.05, 0.1) is 4.92 Å². The monoisotopic (exact) mass is 301 g/mol. The van der Waals surface area contributed by atoms with Crippen molar-refractivity contribution in [2.75, 3.05) is 0 Å². The number of nitro benzene ring substituents is 1. The Balaban J connectivity index is 2.06. The van der Waals surface area contributed by atoms with E-state index in [1.165, 1.54) is 30.0 Å². The number of carboxylic acids is 1. The minimum atomic E-state index is -0.987. The largest absolute Gasteiger partial charge is 0.478 e. The van der Waals surface area contributed by atoms with Gasteiger partial charge in [-0.2, -0.15) is 0 Å². The Hall–Kier alpha value is -2.60. The van der Waals surface area contributed by atoms with E-state index in [1.54, 1.807) is 12.1 Å². The van der Waals surface area contributed by atoms with E-state index in [1.807, 2.05) is 24.3 Å². The van der Waals surface area contributed by atoms with Crippen molar-refractivity contribution in [3.63, 3.8) is 0 Å². The highest BCUT2D eigenvalue weighted by atomic mass is 32.2. The number of carbonyl (C=O) groups is 1. The molecule has 6 heteroatoms. The average molecular weight is 301 g/mol. The summed E-state index contributed by atoms with van der Waals surface area (Å²) in [5.74, 6) is -0.987. The molecular formula is C15H11NO4S. The summed E-state index contributed by atoms with van der Waals surface area (Å²) in [6.07, 6.45) is 2.60. The second-order valence-corrected chi connectivity index (χ2v) is 5.24. The smallest absolute Gasteiger partial charge is 0.328 e. The molecule has 2 aromatic rings. The first kappa shape index (κ1) is 14.8. The predicted octanol–water partition coefficient (Wildman–Crippen LogP) is 3.84. The van der Waals surface area contributed by atoms with Gasteiger partial charge in [0.2, 0.25) is 0 Å². The molecule has 0 aromatic heterocycles. The summed E-state index contributed by atoms with van der Waals surface area (Å²) in [5, 5.41) is 19.1. The molecule has 0 heterocycles. The molecule has 1 N–H and O–H groups in total. The molecule has 0 aliphatic carbocycles. The zero-order valence-corrected chi connectivity index (χ0v) is 11.6.